The van der Waals surface area contributed by atoms with Gasteiger partial charge in [-0.2, -0.15) is 0 Å². The average molecular weight is 292 g/mol. The lowest BCUT2D eigenvalue weighted by atomic mass is 10.1. The van der Waals surface area contributed by atoms with Crippen molar-refractivity contribution in [3.8, 4) is 11.8 Å². The largest absolute Gasteiger partial charge is 0.443 e. The fourth-order valence-corrected chi connectivity index (χ4v) is 1.76. The number of esters is 1. The molecule has 0 bridgehead atoms. The van der Waals surface area contributed by atoms with E-state index in [-0.39, 0.29) is 5.78 Å². The molecule has 0 fully saturated rings. The predicted molar refractivity (Wildman–Crippen MR) is 84.5 cm³/mol. The highest BCUT2D eigenvalue weighted by molar-refractivity contribution is 6.09. The van der Waals surface area contributed by atoms with Crippen LogP contribution in [0.25, 0.3) is 0 Å². The highest BCUT2D eigenvalue weighted by atomic mass is 16.6. The van der Waals surface area contributed by atoms with Gasteiger partial charge in [0, 0.05) is 5.56 Å². The Bertz CT molecular complexity index is 720. The number of carbonyl (C=O) groups excluding carboxylic acids is 2. The monoisotopic (exact) mass is 292 g/mol. The fourth-order valence-electron chi connectivity index (χ4n) is 1.76. The Hall–Kier alpha value is -2.86. The van der Waals surface area contributed by atoms with Crippen molar-refractivity contribution in [2.75, 3.05) is 0 Å². The van der Waals surface area contributed by atoms with Gasteiger partial charge in [0.25, 0.3) is 0 Å². The Balaban J connectivity index is 2.07. The van der Waals surface area contributed by atoms with Crippen LogP contribution >= 0.6 is 0 Å². The predicted octanol–water partition coefficient (Wildman–Crippen LogP) is 3.51. The summed E-state index contributed by atoms with van der Waals surface area (Å²) in [5.41, 5.74) is -0.0795. The van der Waals surface area contributed by atoms with Gasteiger partial charge in [0.05, 0.1) is 5.56 Å². The standard InChI is InChI=1S/C19H16O3/c1-19(2,22-18(21)16-11-7-4-8-12-16)14-13-17(20)15-9-5-3-6-10-15/h3-12H,1-2H3. The molecule has 110 valence electrons. The van der Waals surface area contributed by atoms with E-state index in [0.717, 1.165) is 0 Å². The van der Waals surface area contributed by atoms with Crippen LogP contribution in [0.5, 0.6) is 0 Å². The molecule has 0 N–H and O–H groups in total. The second kappa shape index (κ2) is 6.73. The van der Waals surface area contributed by atoms with Crippen molar-refractivity contribution in [2.45, 2.75) is 19.4 Å². The minimum atomic E-state index is -1.04. The van der Waals surface area contributed by atoms with Crippen LogP contribution in [0.15, 0.2) is 60.7 Å². The van der Waals surface area contributed by atoms with Gasteiger partial charge in [0.1, 0.15) is 0 Å². The van der Waals surface area contributed by atoms with Crippen LogP contribution in [-0.2, 0) is 4.74 Å². The summed E-state index contributed by atoms with van der Waals surface area (Å²) in [6, 6.07) is 17.4. The van der Waals surface area contributed by atoms with E-state index < -0.39 is 11.6 Å². The highest BCUT2D eigenvalue weighted by Gasteiger charge is 2.21. The van der Waals surface area contributed by atoms with Crippen molar-refractivity contribution in [3.05, 3.63) is 71.8 Å². The zero-order chi connectivity index (χ0) is 16.0. The molecule has 0 radical (unpaired) electrons. The summed E-state index contributed by atoms with van der Waals surface area (Å²) < 4.78 is 5.35. The molecule has 3 heteroatoms. The summed E-state index contributed by atoms with van der Waals surface area (Å²) in [5, 5.41) is 0. The lowest BCUT2D eigenvalue weighted by molar-refractivity contribution is 0.0203. The molecule has 0 aliphatic carbocycles. The molecule has 0 unspecified atom stereocenters. The van der Waals surface area contributed by atoms with Crippen LogP contribution in [0.1, 0.15) is 34.6 Å². The van der Waals surface area contributed by atoms with E-state index in [9.17, 15) is 9.59 Å². The Morgan fingerprint density at radius 1 is 0.864 bits per heavy atom. The van der Waals surface area contributed by atoms with Crippen LogP contribution in [0.4, 0.5) is 0 Å². The highest BCUT2D eigenvalue weighted by Crippen LogP contribution is 2.12. The van der Waals surface area contributed by atoms with Gasteiger partial charge >= 0.3 is 5.97 Å². The van der Waals surface area contributed by atoms with Gasteiger partial charge in [-0.1, -0.05) is 48.5 Å². The maximum atomic E-state index is 12.0. The zero-order valence-corrected chi connectivity index (χ0v) is 12.5. The number of ketones is 1. The summed E-state index contributed by atoms with van der Waals surface area (Å²) in [5.74, 6) is 4.48. The molecule has 0 amide bonds. The molecule has 0 saturated carbocycles. The average Bonchev–Trinajstić information content (AvgIpc) is 2.54. The SMILES string of the molecule is CC(C)(C#CC(=O)c1ccccc1)OC(=O)c1ccccc1. The number of carbonyl (C=O) groups is 2. The first-order chi connectivity index (χ1) is 10.5. The van der Waals surface area contributed by atoms with E-state index in [1.807, 2.05) is 12.1 Å². The molecule has 0 aliphatic rings. The molecule has 0 aliphatic heterocycles. The second-order valence-corrected chi connectivity index (χ2v) is 5.21. The lowest BCUT2D eigenvalue weighted by Crippen LogP contribution is -2.26. The number of hydrogen-bond acceptors (Lipinski definition) is 3. The third-order valence-corrected chi connectivity index (χ3v) is 2.87. The number of Topliss-reactive ketones (excluding diaryl/α,β-unsaturated/α-hetero) is 1. The first-order valence-electron chi connectivity index (χ1n) is 6.89. The van der Waals surface area contributed by atoms with Gasteiger partial charge in [0.2, 0.25) is 5.78 Å². The first kappa shape index (κ1) is 15.5. The molecule has 2 rings (SSSR count). The Labute approximate surface area is 129 Å². The van der Waals surface area contributed by atoms with Crippen LogP contribution in [0.3, 0.4) is 0 Å². The Morgan fingerprint density at radius 3 is 1.91 bits per heavy atom. The Kier molecular flexibility index (Phi) is 4.75. The molecule has 0 heterocycles. The van der Waals surface area contributed by atoms with E-state index in [1.54, 1.807) is 62.4 Å². The summed E-state index contributed by atoms with van der Waals surface area (Å²) >= 11 is 0. The number of benzene rings is 2. The summed E-state index contributed by atoms with van der Waals surface area (Å²) in [4.78, 5) is 23.9. The van der Waals surface area contributed by atoms with E-state index >= 15 is 0 Å². The molecule has 0 saturated heterocycles. The maximum absolute atomic E-state index is 12.0. The quantitative estimate of drug-likeness (QED) is 0.376. The molecule has 3 nitrogen and oxygen atoms in total. The van der Waals surface area contributed by atoms with Crippen molar-refractivity contribution in [1.29, 1.82) is 0 Å². The maximum Gasteiger partial charge on any atom is 0.339 e. The molecule has 22 heavy (non-hydrogen) atoms. The molecule has 0 atom stereocenters. The summed E-state index contributed by atoms with van der Waals surface area (Å²) in [6.07, 6.45) is 0. The number of hydrogen-bond donors (Lipinski definition) is 0. The minimum absolute atomic E-state index is 0.301. The van der Waals surface area contributed by atoms with E-state index in [4.69, 9.17) is 4.74 Å². The van der Waals surface area contributed by atoms with E-state index in [2.05, 4.69) is 11.8 Å². The summed E-state index contributed by atoms with van der Waals surface area (Å²) in [6.45, 7) is 3.30. The van der Waals surface area contributed by atoms with Gasteiger partial charge in [-0.25, -0.2) is 4.79 Å². The third kappa shape index (κ3) is 4.32. The zero-order valence-electron chi connectivity index (χ0n) is 12.5. The van der Waals surface area contributed by atoms with Gasteiger partial charge in [-0.05, 0) is 37.8 Å². The van der Waals surface area contributed by atoms with Gasteiger partial charge in [-0.15, -0.1) is 0 Å². The fraction of sp³-hybridized carbons (Fsp3) is 0.158. The van der Waals surface area contributed by atoms with Crippen molar-refractivity contribution < 1.29 is 14.3 Å². The smallest absolute Gasteiger partial charge is 0.339 e. The molecular formula is C19H16O3. The minimum Gasteiger partial charge on any atom is -0.443 e. The first-order valence-corrected chi connectivity index (χ1v) is 6.89. The molecule has 2 aromatic carbocycles. The second-order valence-electron chi connectivity index (χ2n) is 5.21. The van der Waals surface area contributed by atoms with Crippen LogP contribution in [0, 0.1) is 11.8 Å². The molecule has 0 aromatic heterocycles. The van der Waals surface area contributed by atoms with Crippen LogP contribution in [-0.4, -0.2) is 17.4 Å². The van der Waals surface area contributed by atoms with E-state index in [1.165, 1.54) is 0 Å². The molecule has 0 spiro atoms. The van der Waals surface area contributed by atoms with Crippen LogP contribution < -0.4 is 0 Å². The lowest BCUT2D eigenvalue weighted by Gasteiger charge is -2.18. The number of ether oxygens (including phenoxy) is 1. The Morgan fingerprint density at radius 2 is 1.36 bits per heavy atom. The van der Waals surface area contributed by atoms with Crippen molar-refractivity contribution in [2.24, 2.45) is 0 Å². The van der Waals surface area contributed by atoms with Crippen LogP contribution in [0.2, 0.25) is 0 Å². The topological polar surface area (TPSA) is 43.4 Å². The van der Waals surface area contributed by atoms with Gasteiger partial charge in [-0.3, -0.25) is 4.79 Å². The number of rotatable bonds is 3. The third-order valence-electron chi connectivity index (χ3n) is 2.87. The van der Waals surface area contributed by atoms with E-state index in [0.29, 0.717) is 11.1 Å². The van der Waals surface area contributed by atoms with Crippen molar-refractivity contribution in [3.63, 3.8) is 0 Å². The van der Waals surface area contributed by atoms with Gasteiger partial charge in [0.15, 0.2) is 5.60 Å². The molecule has 2 aromatic rings. The summed E-state index contributed by atoms with van der Waals surface area (Å²) in [7, 11) is 0. The van der Waals surface area contributed by atoms with Crippen molar-refractivity contribution in [1.82, 2.24) is 0 Å². The molecular weight excluding hydrogens is 276 g/mol. The van der Waals surface area contributed by atoms with Crippen molar-refractivity contribution >= 4 is 11.8 Å². The van der Waals surface area contributed by atoms with Gasteiger partial charge < -0.3 is 4.74 Å². The normalized spacial score (nSPS) is 10.3.